The molecular formula is C20H12BrNO. The van der Waals surface area contributed by atoms with Crippen LogP contribution in [0.5, 0.6) is 0 Å². The first-order valence-electron chi connectivity index (χ1n) is 7.31. The van der Waals surface area contributed by atoms with Crippen molar-refractivity contribution in [3.63, 3.8) is 0 Å². The lowest BCUT2D eigenvalue weighted by molar-refractivity contribution is 0.104. The molecule has 0 aliphatic heterocycles. The standard InChI is InChI=1S/C20H12BrNO/c21-18-10-16-14-8-4-5-9-15(14)20(23)17(16)11-19(18)22-12-13-6-2-1-3-7-13/h1-12H. The van der Waals surface area contributed by atoms with Crippen LogP contribution in [-0.2, 0) is 0 Å². The molecule has 23 heavy (non-hydrogen) atoms. The first kappa shape index (κ1) is 14.1. The number of hydrogen-bond donors (Lipinski definition) is 0. The molecular weight excluding hydrogens is 350 g/mol. The first-order valence-corrected chi connectivity index (χ1v) is 8.10. The summed E-state index contributed by atoms with van der Waals surface area (Å²) in [7, 11) is 0. The highest BCUT2D eigenvalue weighted by atomic mass is 79.9. The van der Waals surface area contributed by atoms with Gasteiger partial charge in [-0.05, 0) is 44.8 Å². The van der Waals surface area contributed by atoms with Crippen LogP contribution < -0.4 is 0 Å². The molecule has 0 bridgehead atoms. The van der Waals surface area contributed by atoms with Crippen molar-refractivity contribution < 1.29 is 4.79 Å². The maximum atomic E-state index is 12.6. The number of rotatable bonds is 2. The quantitative estimate of drug-likeness (QED) is 0.439. The molecule has 0 aromatic heterocycles. The molecule has 1 aliphatic rings. The fourth-order valence-corrected chi connectivity index (χ4v) is 3.26. The molecule has 0 heterocycles. The van der Waals surface area contributed by atoms with Crippen LogP contribution in [0.25, 0.3) is 11.1 Å². The normalized spacial score (nSPS) is 12.5. The smallest absolute Gasteiger partial charge is 0.194 e. The number of carbonyl (C=O) groups excluding carboxylic acids is 1. The average molecular weight is 362 g/mol. The second kappa shape index (κ2) is 5.60. The van der Waals surface area contributed by atoms with Crippen molar-refractivity contribution in [2.75, 3.05) is 0 Å². The molecule has 4 rings (SSSR count). The van der Waals surface area contributed by atoms with Gasteiger partial charge in [0.1, 0.15) is 0 Å². The van der Waals surface area contributed by atoms with E-state index in [1.165, 1.54) is 0 Å². The first-order chi connectivity index (χ1) is 11.2. The predicted octanol–water partition coefficient (Wildman–Crippen LogP) is 5.41. The van der Waals surface area contributed by atoms with Gasteiger partial charge in [0.25, 0.3) is 0 Å². The lowest BCUT2D eigenvalue weighted by Crippen LogP contribution is -1.94. The number of ketones is 1. The largest absolute Gasteiger partial charge is 0.289 e. The molecule has 0 amide bonds. The Kier molecular flexibility index (Phi) is 3.43. The van der Waals surface area contributed by atoms with E-state index in [9.17, 15) is 4.79 Å². The number of fused-ring (bicyclic) bond motifs is 3. The van der Waals surface area contributed by atoms with Gasteiger partial charge < -0.3 is 0 Å². The monoisotopic (exact) mass is 361 g/mol. The van der Waals surface area contributed by atoms with Gasteiger partial charge in [0.05, 0.1) is 5.69 Å². The predicted molar refractivity (Wildman–Crippen MR) is 96.7 cm³/mol. The molecule has 0 radical (unpaired) electrons. The minimum atomic E-state index is 0.0688. The Labute approximate surface area is 142 Å². The van der Waals surface area contributed by atoms with Gasteiger partial charge in [-0.2, -0.15) is 0 Å². The summed E-state index contributed by atoms with van der Waals surface area (Å²) in [4.78, 5) is 17.1. The van der Waals surface area contributed by atoms with Crippen LogP contribution in [0, 0.1) is 0 Å². The summed E-state index contributed by atoms with van der Waals surface area (Å²) in [5, 5.41) is 0. The van der Waals surface area contributed by atoms with Gasteiger partial charge in [-0.1, -0.05) is 54.6 Å². The molecule has 3 aromatic carbocycles. The highest BCUT2D eigenvalue weighted by Gasteiger charge is 2.27. The number of hydrogen-bond acceptors (Lipinski definition) is 2. The van der Waals surface area contributed by atoms with Crippen LogP contribution in [0.1, 0.15) is 21.5 Å². The summed E-state index contributed by atoms with van der Waals surface area (Å²) in [6.45, 7) is 0. The Morgan fingerprint density at radius 2 is 1.48 bits per heavy atom. The molecule has 1 aliphatic carbocycles. The number of benzene rings is 3. The SMILES string of the molecule is O=C1c2ccccc2-c2cc(Br)c(N=Cc3ccccc3)cc21. The van der Waals surface area contributed by atoms with Gasteiger partial charge in [0, 0.05) is 21.8 Å². The van der Waals surface area contributed by atoms with Gasteiger partial charge in [0.2, 0.25) is 0 Å². The Morgan fingerprint density at radius 3 is 2.26 bits per heavy atom. The molecule has 3 heteroatoms. The fraction of sp³-hybridized carbons (Fsp3) is 0. The zero-order valence-corrected chi connectivity index (χ0v) is 13.7. The Balaban J connectivity index is 1.79. The van der Waals surface area contributed by atoms with Crippen LogP contribution in [0.3, 0.4) is 0 Å². The van der Waals surface area contributed by atoms with Crippen LogP contribution >= 0.6 is 15.9 Å². The van der Waals surface area contributed by atoms with Crippen molar-refractivity contribution >= 4 is 33.6 Å². The highest BCUT2D eigenvalue weighted by Crippen LogP contribution is 2.41. The number of nitrogens with zero attached hydrogens (tertiary/aromatic N) is 1. The summed E-state index contributed by atoms with van der Waals surface area (Å²) in [5.74, 6) is 0.0688. The van der Waals surface area contributed by atoms with Crippen molar-refractivity contribution in [2.24, 2.45) is 4.99 Å². The summed E-state index contributed by atoms with van der Waals surface area (Å²) >= 11 is 3.57. The Hall–Kier alpha value is -2.52. The third-order valence-corrected chi connectivity index (χ3v) is 4.58. The number of carbonyl (C=O) groups is 1. The highest BCUT2D eigenvalue weighted by molar-refractivity contribution is 9.10. The van der Waals surface area contributed by atoms with Crippen molar-refractivity contribution in [3.8, 4) is 11.1 Å². The Bertz CT molecular complexity index is 945. The van der Waals surface area contributed by atoms with Crippen LogP contribution in [0.4, 0.5) is 5.69 Å². The molecule has 0 saturated carbocycles. The zero-order chi connectivity index (χ0) is 15.8. The van der Waals surface area contributed by atoms with Crippen molar-refractivity contribution in [1.82, 2.24) is 0 Å². The van der Waals surface area contributed by atoms with Crippen LogP contribution in [0.15, 0.2) is 76.2 Å². The van der Waals surface area contributed by atoms with Crippen LogP contribution in [-0.4, -0.2) is 12.0 Å². The van der Waals surface area contributed by atoms with E-state index in [-0.39, 0.29) is 5.78 Å². The number of halogens is 1. The maximum absolute atomic E-state index is 12.6. The van der Waals surface area contributed by atoms with E-state index in [1.807, 2.05) is 66.7 Å². The summed E-state index contributed by atoms with van der Waals surface area (Å²) in [5.41, 5.74) is 5.22. The molecule has 3 aromatic rings. The molecule has 0 N–H and O–H groups in total. The van der Waals surface area contributed by atoms with E-state index in [2.05, 4.69) is 20.9 Å². The molecule has 2 nitrogen and oxygen atoms in total. The lowest BCUT2D eigenvalue weighted by Gasteiger charge is -2.04. The van der Waals surface area contributed by atoms with Gasteiger partial charge >= 0.3 is 0 Å². The topological polar surface area (TPSA) is 29.4 Å². The van der Waals surface area contributed by atoms with E-state index < -0.39 is 0 Å². The van der Waals surface area contributed by atoms with E-state index in [4.69, 9.17) is 0 Å². The number of aliphatic imine (C=N–C) groups is 1. The molecule has 0 unspecified atom stereocenters. The second-order valence-electron chi connectivity index (χ2n) is 5.39. The zero-order valence-electron chi connectivity index (χ0n) is 12.2. The van der Waals surface area contributed by atoms with Crippen molar-refractivity contribution in [1.29, 1.82) is 0 Å². The summed E-state index contributed by atoms with van der Waals surface area (Å²) in [6, 6.07) is 21.5. The Morgan fingerprint density at radius 1 is 0.783 bits per heavy atom. The van der Waals surface area contributed by atoms with E-state index in [1.54, 1.807) is 6.21 Å². The molecule has 0 atom stereocenters. The molecule has 0 fully saturated rings. The van der Waals surface area contributed by atoms with Crippen molar-refractivity contribution in [3.05, 3.63) is 87.9 Å². The summed E-state index contributed by atoms with van der Waals surface area (Å²) in [6.07, 6.45) is 1.80. The van der Waals surface area contributed by atoms with Gasteiger partial charge in [0.15, 0.2) is 5.78 Å². The molecule has 110 valence electrons. The fourth-order valence-electron chi connectivity index (χ4n) is 2.82. The third kappa shape index (κ3) is 2.43. The van der Waals surface area contributed by atoms with E-state index >= 15 is 0 Å². The van der Waals surface area contributed by atoms with E-state index in [0.29, 0.717) is 0 Å². The lowest BCUT2D eigenvalue weighted by atomic mass is 10.1. The van der Waals surface area contributed by atoms with Crippen LogP contribution in [0.2, 0.25) is 0 Å². The molecule has 0 saturated heterocycles. The van der Waals surface area contributed by atoms with Gasteiger partial charge in [-0.25, -0.2) is 0 Å². The summed E-state index contributed by atoms with van der Waals surface area (Å²) < 4.78 is 0.882. The van der Waals surface area contributed by atoms with E-state index in [0.717, 1.165) is 38.0 Å². The molecule has 0 spiro atoms. The van der Waals surface area contributed by atoms with Gasteiger partial charge in [-0.3, -0.25) is 9.79 Å². The van der Waals surface area contributed by atoms with Gasteiger partial charge in [-0.15, -0.1) is 0 Å². The maximum Gasteiger partial charge on any atom is 0.194 e. The second-order valence-corrected chi connectivity index (χ2v) is 6.25. The minimum absolute atomic E-state index is 0.0688. The third-order valence-electron chi connectivity index (χ3n) is 3.95. The minimum Gasteiger partial charge on any atom is -0.289 e. The van der Waals surface area contributed by atoms with Crippen molar-refractivity contribution in [2.45, 2.75) is 0 Å². The average Bonchev–Trinajstić information content (AvgIpc) is 2.86.